The number of piperazine rings is 1. The molecule has 7 nitrogen and oxygen atoms in total. The number of rotatable bonds is 7. The first-order valence-electron chi connectivity index (χ1n) is 14.5. The number of hydrogen-bond acceptors (Lipinski definition) is 5. The predicted octanol–water partition coefficient (Wildman–Crippen LogP) is 5.85. The standard InChI is InChI=1S/C32H35F4N3O4S/c1-22-21-37(31(40)27-10-8-25(33)19-28(27)32(34,35)36)16-17-39(22)29-20-26(9-11-30(29)43-2)44(41,42)38-14-12-24(13-15-38)18-23-6-4-3-5-7-23/h3-11,19-20,22,24H,12-18,21H2,1-2H3/t22-/m0/s1. The topological polar surface area (TPSA) is 70.2 Å². The summed E-state index contributed by atoms with van der Waals surface area (Å²) in [5.41, 5.74) is -0.174. The monoisotopic (exact) mass is 633 g/mol. The molecular weight excluding hydrogens is 598 g/mol. The van der Waals surface area contributed by atoms with Crippen LogP contribution in [0.5, 0.6) is 5.75 Å². The molecule has 2 aliphatic heterocycles. The first kappa shape index (κ1) is 31.8. The summed E-state index contributed by atoms with van der Waals surface area (Å²) < 4.78 is 88.8. The number of nitrogens with zero attached hydrogens (tertiary/aromatic N) is 3. The lowest BCUT2D eigenvalue weighted by atomic mass is 9.91. The van der Waals surface area contributed by atoms with E-state index in [1.165, 1.54) is 27.9 Å². The molecule has 0 N–H and O–H groups in total. The molecule has 12 heteroatoms. The van der Waals surface area contributed by atoms with Gasteiger partial charge in [0.2, 0.25) is 10.0 Å². The number of hydrogen-bond donors (Lipinski definition) is 0. The van der Waals surface area contributed by atoms with Gasteiger partial charge in [0.05, 0.1) is 28.8 Å². The molecule has 2 saturated heterocycles. The van der Waals surface area contributed by atoms with Crippen molar-refractivity contribution in [1.29, 1.82) is 0 Å². The van der Waals surface area contributed by atoms with Gasteiger partial charge in [0.25, 0.3) is 5.91 Å². The molecule has 3 aromatic carbocycles. The number of sulfonamides is 1. The number of alkyl halides is 3. The van der Waals surface area contributed by atoms with Crippen molar-refractivity contribution in [3.05, 3.63) is 89.2 Å². The van der Waals surface area contributed by atoms with E-state index in [-0.39, 0.29) is 30.6 Å². The second-order valence-electron chi connectivity index (χ2n) is 11.4. The van der Waals surface area contributed by atoms with Crippen LogP contribution < -0.4 is 9.64 Å². The van der Waals surface area contributed by atoms with Crippen LogP contribution in [0.3, 0.4) is 0 Å². The third-order valence-corrected chi connectivity index (χ3v) is 10.4. The van der Waals surface area contributed by atoms with Gasteiger partial charge in [-0.2, -0.15) is 17.5 Å². The van der Waals surface area contributed by atoms with Gasteiger partial charge in [-0.3, -0.25) is 4.79 Å². The largest absolute Gasteiger partial charge is 0.495 e. The summed E-state index contributed by atoms with van der Waals surface area (Å²) in [4.78, 5) is 16.5. The number of methoxy groups -OCH3 is 1. The fourth-order valence-electron chi connectivity index (χ4n) is 6.11. The number of carbonyl (C=O) groups excluding carboxylic acids is 1. The first-order chi connectivity index (χ1) is 20.9. The highest BCUT2D eigenvalue weighted by molar-refractivity contribution is 7.89. The van der Waals surface area contributed by atoms with Crippen molar-refractivity contribution in [2.24, 2.45) is 5.92 Å². The van der Waals surface area contributed by atoms with Crippen molar-refractivity contribution in [1.82, 2.24) is 9.21 Å². The van der Waals surface area contributed by atoms with Crippen LogP contribution in [0.15, 0.2) is 71.6 Å². The van der Waals surface area contributed by atoms with Crippen LogP contribution in [0.25, 0.3) is 0 Å². The zero-order chi connectivity index (χ0) is 31.6. The van der Waals surface area contributed by atoms with Gasteiger partial charge in [0.15, 0.2) is 0 Å². The maximum Gasteiger partial charge on any atom is 0.417 e. The molecule has 0 aromatic heterocycles. The number of piperidine rings is 1. The Hall–Kier alpha value is -3.64. The lowest BCUT2D eigenvalue weighted by molar-refractivity contribution is -0.138. The highest BCUT2D eigenvalue weighted by Gasteiger charge is 2.38. The van der Waals surface area contributed by atoms with Crippen LogP contribution in [-0.4, -0.2) is 69.4 Å². The van der Waals surface area contributed by atoms with Crippen LogP contribution in [0.4, 0.5) is 23.2 Å². The summed E-state index contributed by atoms with van der Waals surface area (Å²) in [7, 11) is -2.32. The lowest BCUT2D eigenvalue weighted by Gasteiger charge is -2.42. The predicted molar refractivity (Wildman–Crippen MR) is 159 cm³/mol. The second kappa shape index (κ2) is 12.8. The molecule has 0 saturated carbocycles. The van der Waals surface area contributed by atoms with Gasteiger partial charge in [0, 0.05) is 38.8 Å². The Bertz CT molecular complexity index is 1590. The maximum atomic E-state index is 13.7. The van der Waals surface area contributed by atoms with Crippen molar-refractivity contribution in [3.8, 4) is 5.75 Å². The Morgan fingerprint density at radius 2 is 1.66 bits per heavy atom. The van der Waals surface area contributed by atoms with E-state index in [1.54, 1.807) is 19.1 Å². The van der Waals surface area contributed by atoms with Gasteiger partial charge in [0.1, 0.15) is 11.6 Å². The van der Waals surface area contributed by atoms with E-state index < -0.39 is 39.1 Å². The highest BCUT2D eigenvalue weighted by atomic mass is 32.2. The van der Waals surface area contributed by atoms with Gasteiger partial charge < -0.3 is 14.5 Å². The minimum atomic E-state index is -4.89. The lowest BCUT2D eigenvalue weighted by Crippen LogP contribution is -2.54. The average Bonchev–Trinajstić information content (AvgIpc) is 3.00. The normalized spacial score (nSPS) is 18.8. The average molecular weight is 634 g/mol. The molecule has 3 aromatic rings. The number of carbonyl (C=O) groups is 1. The Kier molecular flexibility index (Phi) is 9.22. The minimum absolute atomic E-state index is 0.0720. The van der Waals surface area contributed by atoms with E-state index >= 15 is 0 Å². The molecule has 0 unspecified atom stereocenters. The number of halogens is 4. The van der Waals surface area contributed by atoms with E-state index in [4.69, 9.17) is 4.74 Å². The van der Waals surface area contributed by atoms with Gasteiger partial charge in [-0.25, -0.2) is 12.8 Å². The third kappa shape index (κ3) is 6.71. The summed E-state index contributed by atoms with van der Waals surface area (Å²) in [6.07, 6.45) is -2.47. The van der Waals surface area contributed by atoms with Gasteiger partial charge >= 0.3 is 6.18 Å². The Balaban J connectivity index is 1.30. The molecule has 0 spiro atoms. The molecule has 2 aliphatic rings. The highest BCUT2D eigenvalue weighted by Crippen LogP contribution is 2.37. The Morgan fingerprint density at radius 3 is 2.30 bits per heavy atom. The smallest absolute Gasteiger partial charge is 0.417 e. The Morgan fingerprint density at radius 1 is 0.955 bits per heavy atom. The molecule has 44 heavy (non-hydrogen) atoms. The van der Waals surface area contributed by atoms with Gasteiger partial charge in [-0.1, -0.05) is 30.3 Å². The molecule has 1 atom stereocenters. The zero-order valence-corrected chi connectivity index (χ0v) is 25.4. The van der Waals surface area contributed by atoms with Gasteiger partial charge in [-0.05, 0) is 74.1 Å². The molecule has 236 valence electrons. The fraction of sp³-hybridized carbons (Fsp3) is 0.406. The molecule has 0 radical (unpaired) electrons. The Labute approximate surface area is 255 Å². The van der Waals surface area contributed by atoms with Crippen LogP contribution in [0.1, 0.15) is 41.3 Å². The van der Waals surface area contributed by atoms with Crippen LogP contribution >= 0.6 is 0 Å². The van der Waals surface area contributed by atoms with Crippen LogP contribution in [0.2, 0.25) is 0 Å². The first-order valence-corrected chi connectivity index (χ1v) is 16.0. The molecule has 2 heterocycles. The van der Waals surface area contributed by atoms with Crippen molar-refractivity contribution < 1.29 is 35.5 Å². The number of benzene rings is 3. The molecule has 5 rings (SSSR count). The minimum Gasteiger partial charge on any atom is -0.495 e. The van der Waals surface area contributed by atoms with Crippen molar-refractivity contribution >= 4 is 21.6 Å². The SMILES string of the molecule is COc1ccc(S(=O)(=O)N2CCC(Cc3ccccc3)CC2)cc1N1CCN(C(=O)c2ccc(F)cc2C(F)(F)F)C[C@@H]1C. The van der Waals surface area contributed by atoms with Crippen LogP contribution in [0, 0.1) is 11.7 Å². The van der Waals surface area contributed by atoms with Crippen LogP contribution in [-0.2, 0) is 22.6 Å². The van der Waals surface area contributed by atoms with Crippen molar-refractivity contribution in [2.75, 3.05) is 44.7 Å². The number of ether oxygens (including phenoxy) is 1. The van der Waals surface area contributed by atoms with E-state index in [2.05, 4.69) is 12.1 Å². The summed E-state index contributed by atoms with van der Waals surface area (Å²) in [6, 6.07) is 16.5. The summed E-state index contributed by atoms with van der Waals surface area (Å²) in [5.74, 6) is -1.08. The van der Waals surface area contributed by atoms with Crippen molar-refractivity contribution in [3.63, 3.8) is 0 Å². The second-order valence-corrected chi connectivity index (χ2v) is 13.3. The molecule has 1 amide bonds. The summed E-state index contributed by atoms with van der Waals surface area (Å²) >= 11 is 0. The van der Waals surface area contributed by atoms with Gasteiger partial charge in [-0.15, -0.1) is 0 Å². The summed E-state index contributed by atoms with van der Waals surface area (Å²) in [6.45, 7) is 3.01. The van der Waals surface area contributed by atoms with E-state index in [0.717, 1.165) is 31.4 Å². The summed E-state index contributed by atoms with van der Waals surface area (Å²) in [5, 5.41) is 0. The van der Waals surface area contributed by atoms with E-state index in [1.807, 2.05) is 23.1 Å². The molecule has 0 aliphatic carbocycles. The zero-order valence-electron chi connectivity index (χ0n) is 24.6. The van der Waals surface area contributed by atoms with E-state index in [0.29, 0.717) is 36.5 Å². The third-order valence-electron chi connectivity index (χ3n) is 8.47. The van der Waals surface area contributed by atoms with Crippen molar-refractivity contribution in [2.45, 2.75) is 43.3 Å². The van der Waals surface area contributed by atoms with E-state index in [9.17, 15) is 30.8 Å². The molecular formula is C32H35F4N3O4S. The molecule has 0 bridgehead atoms. The molecule has 2 fully saturated rings. The number of amides is 1. The maximum absolute atomic E-state index is 13.7. The fourth-order valence-corrected chi connectivity index (χ4v) is 7.60. The quantitative estimate of drug-likeness (QED) is 0.306. The number of anilines is 1.